The van der Waals surface area contributed by atoms with Crippen LogP contribution < -0.4 is 0 Å². The van der Waals surface area contributed by atoms with Crippen LogP contribution in [0.3, 0.4) is 0 Å². The number of ether oxygens (including phenoxy) is 3. The topological polar surface area (TPSA) is 140 Å². The predicted molar refractivity (Wildman–Crippen MR) is 78.5 cm³/mol. The van der Waals surface area contributed by atoms with Gasteiger partial charge in [0, 0.05) is 0 Å². The number of carbonyl (C=O) groups is 3. The molecule has 9 heteroatoms. The van der Waals surface area contributed by atoms with Gasteiger partial charge in [-0.05, 0) is 19.3 Å². The average Bonchev–Trinajstić information content (AvgIpc) is 2.61. The first-order valence-electron chi connectivity index (χ1n) is 7.87. The van der Waals surface area contributed by atoms with Crippen LogP contribution in [0.1, 0.15) is 19.3 Å². The summed E-state index contributed by atoms with van der Waals surface area (Å²) in [5.41, 5.74) is 0. The first kappa shape index (κ1) is 20.3. The lowest BCUT2D eigenvalue weighted by atomic mass is 9.74. The van der Waals surface area contributed by atoms with Gasteiger partial charge in [-0.3, -0.25) is 14.4 Å². The molecular weight excluding hydrogens is 324 g/mol. The van der Waals surface area contributed by atoms with Crippen LogP contribution in [0, 0.1) is 17.8 Å². The van der Waals surface area contributed by atoms with Crippen LogP contribution in [0.15, 0.2) is 0 Å². The van der Waals surface area contributed by atoms with Gasteiger partial charge in [-0.15, -0.1) is 0 Å². The predicted octanol–water partition coefficient (Wildman–Crippen LogP) is -1.37. The molecular formula is C15H24O9. The number of carbonyl (C=O) groups excluding carboxylic acids is 3. The molecule has 0 spiro atoms. The molecule has 0 saturated heterocycles. The highest BCUT2D eigenvalue weighted by atomic mass is 16.6. The molecule has 1 fully saturated rings. The van der Waals surface area contributed by atoms with Gasteiger partial charge in [0.1, 0.15) is 19.8 Å². The first-order chi connectivity index (χ1) is 11.5. The third-order valence-corrected chi connectivity index (χ3v) is 3.80. The lowest BCUT2D eigenvalue weighted by molar-refractivity contribution is -0.167. The van der Waals surface area contributed by atoms with Crippen molar-refractivity contribution in [3.05, 3.63) is 0 Å². The van der Waals surface area contributed by atoms with E-state index in [0.29, 0.717) is 6.42 Å². The van der Waals surface area contributed by atoms with Crippen LogP contribution >= 0.6 is 0 Å². The van der Waals surface area contributed by atoms with Crippen molar-refractivity contribution in [2.75, 3.05) is 39.6 Å². The minimum absolute atomic E-state index is 0.0629. The van der Waals surface area contributed by atoms with E-state index < -0.39 is 35.7 Å². The van der Waals surface area contributed by atoms with Crippen molar-refractivity contribution < 1.29 is 43.9 Å². The van der Waals surface area contributed by atoms with Crippen LogP contribution in [-0.2, 0) is 28.6 Å². The van der Waals surface area contributed by atoms with Crippen molar-refractivity contribution >= 4 is 17.9 Å². The van der Waals surface area contributed by atoms with Gasteiger partial charge in [-0.1, -0.05) is 0 Å². The highest BCUT2D eigenvalue weighted by molar-refractivity contribution is 5.83. The monoisotopic (exact) mass is 348 g/mol. The summed E-state index contributed by atoms with van der Waals surface area (Å²) in [6, 6.07) is 0. The molecule has 1 rings (SSSR count). The number of aliphatic hydroxyl groups is 3. The molecule has 0 aromatic carbocycles. The Kier molecular flexibility index (Phi) is 9.28. The zero-order chi connectivity index (χ0) is 17.9. The van der Waals surface area contributed by atoms with Crippen LogP contribution in [-0.4, -0.2) is 72.9 Å². The summed E-state index contributed by atoms with van der Waals surface area (Å²) < 4.78 is 14.6. The number of aliphatic hydroxyl groups excluding tert-OH is 3. The minimum Gasteiger partial charge on any atom is -0.463 e. The van der Waals surface area contributed by atoms with E-state index in [4.69, 9.17) is 29.5 Å². The second kappa shape index (κ2) is 11.0. The minimum atomic E-state index is -0.886. The van der Waals surface area contributed by atoms with E-state index in [1.165, 1.54) is 0 Å². The Labute approximate surface area is 139 Å². The third-order valence-electron chi connectivity index (χ3n) is 3.80. The van der Waals surface area contributed by atoms with Crippen LogP contribution in [0.5, 0.6) is 0 Å². The summed E-state index contributed by atoms with van der Waals surface area (Å²) in [7, 11) is 0. The van der Waals surface area contributed by atoms with Crippen LogP contribution in [0.25, 0.3) is 0 Å². The lowest BCUT2D eigenvalue weighted by Crippen LogP contribution is -2.40. The zero-order valence-corrected chi connectivity index (χ0v) is 13.4. The molecule has 0 radical (unpaired) electrons. The largest absolute Gasteiger partial charge is 0.463 e. The highest BCUT2D eigenvalue weighted by Crippen LogP contribution is 2.36. The van der Waals surface area contributed by atoms with Gasteiger partial charge in [0.25, 0.3) is 0 Å². The molecule has 9 nitrogen and oxygen atoms in total. The Morgan fingerprint density at radius 2 is 1.17 bits per heavy atom. The first-order valence-corrected chi connectivity index (χ1v) is 7.87. The molecule has 1 aliphatic rings. The van der Waals surface area contributed by atoms with E-state index in [1.807, 2.05) is 0 Å². The van der Waals surface area contributed by atoms with Gasteiger partial charge in [-0.25, -0.2) is 0 Å². The van der Waals surface area contributed by atoms with Crippen molar-refractivity contribution in [3.63, 3.8) is 0 Å². The van der Waals surface area contributed by atoms with Crippen molar-refractivity contribution in [2.45, 2.75) is 19.3 Å². The molecule has 3 unspecified atom stereocenters. The summed E-state index contributed by atoms with van der Waals surface area (Å²) in [6.07, 6.45) is 0.641. The molecule has 0 aromatic rings. The maximum Gasteiger partial charge on any atom is 0.309 e. The SMILES string of the molecule is O=C(OCCO)C1CCC(C(=O)OCCO)C(C(=O)OCCO)C1. The maximum absolute atomic E-state index is 12.1. The molecule has 0 amide bonds. The lowest BCUT2D eigenvalue weighted by Gasteiger charge is -2.32. The van der Waals surface area contributed by atoms with E-state index in [-0.39, 0.29) is 52.5 Å². The summed E-state index contributed by atoms with van der Waals surface area (Å²) in [4.78, 5) is 36.1. The number of rotatable bonds is 9. The summed E-state index contributed by atoms with van der Waals surface area (Å²) in [5, 5.41) is 26.2. The molecule has 1 saturated carbocycles. The normalized spacial score (nSPS) is 23.4. The molecule has 24 heavy (non-hydrogen) atoms. The molecule has 3 N–H and O–H groups in total. The Morgan fingerprint density at radius 1 is 0.708 bits per heavy atom. The van der Waals surface area contributed by atoms with Crippen LogP contribution in [0.2, 0.25) is 0 Å². The van der Waals surface area contributed by atoms with Gasteiger partial charge in [0.05, 0.1) is 37.6 Å². The molecule has 0 aromatic heterocycles. The Morgan fingerprint density at radius 3 is 1.67 bits per heavy atom. The van der Waals surface area contributed by atoms with Gasteiger partial charge < -0.3 is 29.5 Å². The van der Waals surface area contributed by atoms with Crippen LogP contribution in [0.4, 0.5) is 0 Å². The van der Waals surface area contributed by atoms with E-state index in [0.717, 1.165) is 0 Å². The quantitative estimate of drug-likeness (QED) is 0.340. The van der Waals surface area contributed by atoms with Crippen molar-refractivity contribution in [1.29, 1.82) is 0 Å². The van der Waals surface area contributed by atoms with Gasteiger partial charge in [0.2, 0.25) is 0 Å². The Hall–Kier alpha value is -1.71. The molecule has 0 aliphatic heterocycles. The summed E-state index contributed by atoms with van der Waals surface area (Å²) >= 11 is 0. The van der Waals surface area contributed by atoms with E-state index in [9.17, 15) is 14.4 Å². The average molecular weight is 348 g/mol. The van der Waals surface area contributed by atoms with Crippen molar-refractivity contribution in [3.8, 4) is 0 Å². The number of hydrogen-bond donors (Lipinski definition) is 3. The van der Waals surface area contributed by atoms with E-state index in [2.05, 4.69) is 0 Å². The van der Waals surface area contributed by atoms with Crippen molar-refractivity contribution in [1.82, 2.24) is 0 Å². The Bertz CT molecular complexity index is 423. The van der Waals surface area contributed by atoms with E-state index >= 15 is 0 Å². The summed E-state index contributed by atoms with van der Waals surface area (Å²) in [5.74, 6) is -4.09. The third kappa shape index (κ3) is 6.06. The second-order valence-electron chi connectivity index (χ2n) is 5.40. The second-order valence-corrected chi connectivity index (χ2v) is 5.40. The number of esters is 3. The van der Waals surface area contributed by atoms with Gasteiger partial charge >= 0.3 is 17.9 Å². The molecule has 1 aliphatic carbocycles. The fourth-order valence-electron chi connectivity index (χ4n) is 2.70. The van der Waals surface area contributed by atoms with E-state index in [1.54, 1.807) is 0 Å². The maximum atomic E-state index is 12.1. The number of hydrogen-bond acceptors (Lipinski definition) is 9. The zero-order valence-electron chi connectivity index (χ0n) is 13.4. The molecule has 0 bridgehead atoms. The van der Waals surface area contributed by atoms with Gasteiger partial charge in [-0.2, -0.15) is 0 Å². The Balaban J connectivity index is 2.76. The molecule has 138 valence electrons. The van der Waals surface area contributed by atoms with Crippen molar-refractivity contribution in [2.24, 2.45) is 17.8 Å². The fraction of sp³-hybridized carbons (Fsp3) is 0.800. The fourth-order valence-corrected chi connectivity index (χ4v) is 2.70. The van der Waals surface area contributed by atoms with Gasteiger partial charge in [0.15, 0.2) is 0 Å². The smallest absolute Gasteiger partial charge is 0.309 e. The molecule has 0 heterocycles. The highest BCUT2D eigenvalue weighted by Gasteiger charge is 2.43. The molecule has 3 atom stereocenters. The summed E-state index contributed by atoms with van der Waals surface area (Å²) in [6.45, 7) is -1.47. The standard InChI is InChI=1S/C15H24O9/c16-3-6-22-13(19)10-1-2-11(14(20)23-7-4-17)12(9-10)15(21)24-8-5-18/h10-12,16-18H,1-9H2.